The highest BCUT2D eigenvalue weighted by molar-refractivity contribution is 8.14. The third kappa shape index (κ3) is 3.15. The lowest BCUT2D eigenvalue weighted by molar-refractivity contribution is -0.122. The Labute approximate surface area is 147 Å². The highest BCUT2D eigenvalue weighted by atomic mass is 32.2. The minimum absolute atomic E-state index is 0.196. The normalized spacial score (nSPS) is 18.6. The molecule has 2 aliphatic rings. The van der Waals surface area contributed by atoms with Gasteiger partial charge < -0.3 is 4.90 Å². The van der Waals surface area contributed by atoms with Crippen molar-refractivity contribution in [1.29, 1.82) is 0 Å². The molecular weight excluding hydrogens is 344 g/mol. The first-order chi connectivity index (χ1) is 12.1. The van der Waals surface area contributed by atoms with Gasteiger partial charge in [0, 0.05) is 5.69 Å². The van der Waals surface area contributed by atoms with Gasteiger partial charge in [0.25, 0.3) is 5.91 Å². The molecule has 2 aliphatic heterocycles. The van der Waals surface area contributed by atoms with Crippen molar-refractivity contribution in [1.82, 2.24) is 4.90 Å². The maximum absolute atomic E-state index is 13.1. The van der Waals surface area contributed by atoms with E-state index in [-0.39, 0.29) is 17.5 Å². The third-order valence-electron chi connectivity index (χ3n) is 3.94. The second-order valence-electron chi connectivity index (χ2n) is 5.64. The molecule has 0 unspecified atom stereocenters. The van der Waals surface area contributed by atoms with Gasteiger partial charge in [-0.15, -0.1) is 0 Å². The Kier molecular flexibility index (Phi) is 4.01. The lowest BCUT2D eigenvalue weighted by Crippen LogP contribution is -2.46. The van der Waals surface area contributed by atoms with Gasteiger partial charge in [-0.25, -0.2) is 13.8 Å². The number of carbonyl (C=O) groups is 1. The number of carbonyl (C=O) groups excluding carboxylic acids is 1. The van der Waals surface area contributed by atoms with E-state index in [1.807, 2.05) is 4.90 Å². The Morgan fingerprint density at radius 3 is 2.32 bits per heavy atom. The molecule has 0 saturated carbocycles. The molecule has 1 saturated heterocycles. The molecule has 4 nitrogen and oxygen atoms in total. The zero-order valence-electron chi connectivity index (χ0n) is 13.0. The highest BCUT2D eigenvalue weighted by Crippen LogP contribution is 2.31. The van der Waals surface area contributed by atoms with E-state index in [2.05, 4.69) is 4.99 Å². The number of amides is 1. The molecule has 25 heavy (non-hydrogen) atoms. The number of thioether (sulfide) groups is 1. The SMILES string of the molecule is O=C1/C(=C/c2ccc(F)cc2)N=C2SCN(c3ccc(F)cc3)CN12. The molecule has 0 spiro atoms. The van der Waals surface area contributed by atoms with Gasteiger partial charge in [-0.2, -0.15) is 0 Å². The van der Waals surface area contributed by atoms with Gasteiger partial charge in [-0.05, 0) is 48.0 Å². The number of amidine groups is 1. The first-order valence-corrected chi connectivity index (χ1v) is 8.60. The molecule has 0 N–H and O–H groups in total. The molecular formula is C18H13F2N3OS. The van der Waals surface area contributed by atoms with E-state index in [0.29, 0.717) is 29.0 Å². The van der Waals surface area contributed by atoms with Crippen LogP contribution in [0.2, 0.25) is 0 Å². The summed E-state index contributed by atoms with van der Waals surface area (Å²) in [6, 6.07) is 12.1. The number of fused-ring (bicyclic) bond motifs is 1. The fourth-order valence-electron chi connectivity index (χ4n) is 2.64. The molecule has 0 aromatic heterocycles. The number of anilines is 1. The molecule has 7 heteroatoms. The summed E-state index contributed by atoms with van der Waals surface area (Å²) in [6.07, 6.45) is 1.65. The van der Waals surface area contributed by atoms with Crippen LogP contribution in [-0.2, 0) is 4.79 Å². The molecule has 2 aromatic carbocycles. The van der Waals surface area contributed by atoms with Crippen LogP contribution in [0.5, 0.6) is 0 Å². The Balaban J connectivity index is 1.55. The maximum atomic E-state index is 13.1. The van der Waals surface area contributed by atoms with E-state index in [1.165, 1.54) is 36.0 Å². The summed E-state index contributed by atoms with van der Waals surface area (Å²) < 4.78 is 26.1. The van der Waals surface area contributed by atoms with Crippen LogP contribution in [0.4, 0.5) is 14.5 Å². The average molecular weight is 357 g/mol. The molecule has 1 amide bonds. The van der Waals surface area contributed by atoms with Crippen molar-refractivity contribution in [3.05, 3.63) is 71.4 Å². The van der Waals surface area contributed by atoms with Crippen LogP contribution in [-0.4, -0.2) is 28.5 Å². The first-order valence-electron chi connectivity index (χ1n) is 7.61. The molecule has 2 heterocycles. The van der Waals surface area contributed by atoms with Crippen molar-refractivity contribution in [2.75, 3.05) is 17.4 Å². The monoisotopic (exact) mass is 357 g/mol. The van der Waals surface area contributed by atoms with Crippen molar-refractivity contribution in [2.45, 2.75) is 0 Å². The fourth-order valence-corrected chi connectivity index (χ4v) is 3.60. The number of aliphatic imine (C=N–C) groups is 1. The molecule has 0 radical (unpaired) electrons. The first kappa shape index (κ1) is 15.8. The van der Waals surface area contributed by atoms with Crippen molar-refractivity contribution >= 4 is 34.6 Å². The minimum Gasteiger partial charge on any atom is -0.343 e. The van der Waals surface area contributed by atoms with Gasteiger partial charge in [0.1, 0.15) is 24.0 Å². The standard InChI is InChI=1S/C18H13F2N3OS/c19-13-3-1-12(2-4-13)9-16-17(24)23-10-22(11-25-18(23)21-16)15-7-5-14(20)6-8-15/h1-9H,10-11H2/b16-9-. The Morgan fingerprint density at radius 1 is 1.00 bits per heavy atom. The Bertz CT molecular complexity index is 878. The zero-order valence-corrected chi connectivity index (χ0v) is 13.8. The van der Waals surface area contributed by atoms with E-state index in [0.717, 1.165) is 5.69 Å². The van der Waals surface area contributed by atoms with Crippen LogP contribution in [0.15, 0.2) is 59.2 Å². The smallest absolute Gasteiger partial charge is 0.280 e. The quantitative estimate of drug-likeness (QED) is 0.770. The topological polar surface area (TPSA) is 35.9 Å². The molecule has 1 fully saturated rings. The van der Waals surface area contributed by atoms with Gasteiger partial charge in [-0.1, -0.05) is 23.9 Å². The van der Waals surface area contributed by atoms with Crippen LogP contribution < -0.4 is 4.90 Å². The predicted molar refractivity (Wildman–Crippen MR) is 94.9 cm³/mol. The van der Waals surface area contributed by atoms with Crippen molar-refractivity contribution < 1.29 is 13.6 Å². The van der Waals surface area contributed by atoms with E-state index in [1.54, 1.807) is 35.2 Å². The summed E-state index contributed by atoms with van der Waals surface area (Å²) in [5.74, 6) is -0.192. The van der Waals surface area contributed by atoms with Crippen LogP contribution >= 0.6 is 11.8 Å². The van der Waals surface area contributed by atoms with Gasteiger partial charge in [-0.3, -0.25) is 9.69 Å². The number of benzene rings is 2. The number of nitrogens with zero attached hydrogens (tertiary/aromatic N) is 3. The molecule has 0 aliphatic carbocycles. The average Bonchev–Trinajstić information content (AvgIpc) is 2.93. The van der Waals surface area contributed by atoms with Gasteiger partial charge >= 0.3 is 0 Å². The summed E-state index contributed by atoms with van der Waals surface area (Å²) in [7, 11) is 0. The van der Waals surface area contributed by atoms with Crippen molar-refractivity contribution in [3.63, 3.8) is 0 Å². The number of hydrogen-bond donors (Lipinski definition) is 0. The third-order valence-corrected chi connectivity index (χ3v) is 4.95. The lowest BCUT2D eigenvalue weighted by Gasteiger charge is -2.34. The second-order valence-corrected chi connectivity index (χ2v) is 6.55. The van der Waals surface area contributed by atoms with Crippen LogP contribution in [0.25, 0.3) is 6.08 Å². The minimum atomic E-state index is -0.325. The van der Waals surface area contributed by atoms with Gasteiger partial charge in [0.2, 0.25) is 0 Å². The van der Waals surface area contributed by atoms with Gasteiger partial charge in [0.15, 0.2) is 5.17 Å². The van der Waals surface area contributed by atoms with E-state index in [9.17, 15) is 13.6 Å². The Morgan fingerprint density at radius 2 is 1.64 bits per heavy atom. The van der Waals surface area contributed by atoms with Crippen LogP contribution in [0.1, 0.15) is 5.56 Å². The van der Waals surface area contributed by atoms with E-state index < -0.39 is 0 Å². The van der Waals surface area contributed by atoms with Crippen LogP contribution in [0, 0.1) is 11.6 Å². The summed E-state index contributed by atoms with van der Waals surface area (Å²) in [6.45, 7) is 0.358. The Hall–Kier alpha value is -2.67. The highest BCUT2D eigenvalue weighted by Gasteiger charge is 2.35. The van der Waals surface area contributed by atoms with Gasteiger partial charge in [0.05, 0.1) is 5.88 Å². The largest absolute Gasteiger partial charge is 0.343 e. The summed E-state index contributed by atoms with van der Waals surface area (Å²) in [5.41, 5.74) is 1.89. The predicted octanol–water partition coefficient (Wildman–Crippen LogP) is 3.67. The lowest BCUT2D eigenvalue weighted by atomic mass is 10.2. The summed E-state index contributed by atoms with van der Waals surface area (Å²) in [5, 5.41) is 0.650. The molecule has 2 aromatic rings. The van der Waals surface area contributed by atoms with Crippen LogP contribution in [0.3, 0.4) is 0 Å². The van der Waals surface area contributed by atoms with E-state index in [4.69, 9.17) is 0 Å². The molecule has 0 atom stereocenters. The second kappa shape index (κ2) is 6.33. The van der Waals surface area contributed by atoms with Crippen molar-refractivity contribution in [3.8, 4) is 0 Å². The maximum Gasteiger partial charge on any atom is 0.280 e. The van der Waals surface area contributed by atoms with Crippen molar-refractivity contribution in [2.24, 2.45) is 4.99 Å². The fraction of sp³-hybridized carbons (Fsp3) is 0.111. The molecule has 0 bridgehead atoms. The summed E-state index contributed by atoms with van der Waals surface area (Å²) >= 11 is 1.45. The zero-order chi connectivity index (χ0) is 17.4. The molecule has 126 valence electrons. The summed E-state index contributed by atoms with van der Waals surface area (Å²) in [4.78, 5) is 20.6. The number of rotatable bonds is 2. The number of halogens is 2. The molecule has 4 rings (SSSR count). The van der Waals surface area contributed by atoms with E-state index >= 15 is 0 Å². The number of hydrogen-bond acceptors (Lipinski definition) is 4.